The maximum absolute atomic E-state index is 10.4. The summed E-state index contributed by atoms with van der Waals surface area (Å²) in [7, 11) is 0. The first kappa shape index (κ1) is 9.06. The van der Waals surface area contributed by atoms with Crippen molar-refractivity contribution >= 4 is 11.8 Å². The van der Waals surface area contributed by atoms with Crippen LogP contribution in [0.25, 0.3) is 0 Å². The fourth-order valence-electron chi connectivity index (χ4n) is 1.93. The van der Waals surface area contributed by atoms with Crippen molar-refractivity contribution in [2.24, 2.45) is 0 Å². The summed E-state index contributed by atoms with van der Waals surface area (Å²) in [5.74, 6) is 0. The molecule has 0 aliphatic heterocycles. The average molecular weight is 191 g/mol. The minimum Gasteiger partial charge on any atom is -0.465 e. The molecular formula is C11H13NO2. The molecule has 0 saturated carbocycles. The number of carboxylic acid groups (broad SMARTS) is 1. The van der Waals surface area contributed by atoms with Gasteiger partial charge in [-0.1, -0.05) is 6.07 Å². The van der Waals surface area contributed by atoms with Gasteiger partial charge in [-0.05, 0) is 48.9 Å². The maximum Gasteiger partial charge on any atom is 0.409 e. The summed E-state index contributed by atoms with van der Waals surface area (Å²) in [6.45, 7) is 0. The van der Waals surface area contributed by atoms with Crippen LogP contribution in [-0.4, -0.2) is 11.2 Å². The number of hydrogen-bond acceptors (Lipinski definition) is 1. The molecule has 3 nitrogen and oxygen atoms in total. The molecule has 1 aromatic rings. The van der Waals surface area contributed by atoms with Gasteiger partial charge >= 0.3 is 6.09 Å². The number of hydrogen-bond donors (Lipinski definition) is 2. The highest BCUT2D eigenvalue weighted by atomic mass is 16.4. The molecule has 0 heterocycles. The first-order valence-corrected chi connectivity index (χ1v) is 4.87. The van der Waals surface area contributed by atoms with Gasteiger partial charge in [0.25, 0.3) is 0 Å². The standard InChI is InChI=1S/C11H13NO2/c13-11(14)12-10-6-5-8-3-1-2-4-9(8)7-10/h5-7,12H,1-4H2,(H,13,14). The van der Waals surface area contributed by atoms with Crippen LogP contribution in [0.3, 0.4) is 0 Å². The molecule has 0 spiro atoms. The molecule has 3 heteroatoms. The Morgan fingerprint density at radius 3 is 2.64 bits per heavy atom. The second-order valence-corrected chi connectivity index (χ2v) is 3.62. The first-order chi connectivity index (χ1) is 6.75. The predicted molar refractivity (Wildman–Crippen MR) is 54.7 cm³/mol. The predicted octanol–water partition coefficient (Wildman–Crippen LogP) is 2.66. The van der Waals surface area contributed by atoms with Gasteiger partial charge in [-0.2, -0.15) is 0 Å². The Morgan fingerprint density at radius 1 is 1.21 bits per heavy atom. The van der Waals surface area contributed by atoms with Crippen molar-refractivity contribution in [3.63, 3.8) is 0 Å². The molecule has 0 radical (unpaired) electrons. The molecule has 14 heavy (non-hydrogen) atoms. The summed E-state index contributed by atoms with van der Waals surface area (Å²) in [5.41, 5.74) is 3.34. The summed E-state index contributed by atoms with van der Waals surface area (Å²) < 4.78 is 0. The summed E-state index contributed by atoms with van der Waals surface area (Å²) in [6, 6.07) is 5.81. The Morgan fingerprint density at radius 2 is 1.93 bits per heavy atom. The Kier molecular flexibility index (Phi) is 2.39. The van der Waals surface area contributed by atoms with Gasteiger partial charge in [0.2, 0.25) is 0 Å². The number of amides is 1. The lowest BCUT2D eigenvalue weighted by molar-refractivity contribution is 0.210. The third kappa shape index (κ3) is 1.87. The van der Waals surface area contributed by atoms with Crippen LogP contribution in [0.2, 0.25) is 0 Å². The van der Waals surface area contributed by atoms with E-state index in [2.05, 4.69) is 5.32 Å². The van der Waals surface area contributed by atoms with E-state index in [1.165, 1.54) is 24.0 Å². The Bertz CT molecular complexity index is 360. The molecule has 0 bridgehead atoms. The van der Waals surface area contributed by atoms with Crippen LogP contribution in [-0.2, 0) is 12.8 Å². The Hall–Kier alpha value is -1.51. The third-order valence-corrected chi connectivity index (χ3v) is 2.60. The smallest absolute Gasteiger partial charge is 0.409 e. The maximum atomic E-state index is 10.4. The number of anilines is 1. The van der Waals surface area contributed by atoms with E-state index < -0.39 is 6.09 Å². The van der Waals surface area contributed by atoms with E-state index in [1.54, 1.807) is 0 Å². The highest BCUT2D eigenvalue weighted by molar-refractivity contribution is 5.83. The van der Waals surface area contributed by atoms with Crippen molar-refractivity contribution < 1.29 is 9.90 Å². The summed E-state index contributed by atoms with van der Waals surface area (Å²) >= 11 is 0. The molecule has 1 aliphatic carbocycles. The molecule has 0 unspecified atom stereocenters. The van der Waals surface area contributed by atoms with Crippen molar-refractivity contribution in [1.82, 2.24) is 0 Å². The van der Waals surface area contributed by atoms with Gasteiger partial charge in [0.05, 0.1) is 0 Å². The highest BCUT2D eigenvalue weighted by Crippen LogP contribution is 2.24. The normalized spacial score (nSPS) is 14.6. The SMILES string of the molecule is O=C(O)Nc1ccc2c(c1)CCCC2. The van der Waals surface area contributed by atoms with Gasteiger partial charge in [0.15, 0.2) is 0 Å². The van der Waals surface area contributed by atoms with Gasteiger partial charge < -0.3 is 5.11 Å². The molecule has 74 valence electrons. The van der Waals surface area contributed by atoms with E-state index in [0.29, 0.717) is 5.69 Å². The summed E-state index contributed by atoms with van der Waals surface area (Å²) in [6.07, 6.45) is 3.66. The molecule has 2 N–H and O–H groups in total. The average Bonchev–Trinajstić information content (AvgIpc) is 2.17. The molecule has 2 rings (SSSR count). The minimum absolute atomic E-state index is 0.679. The van der Waals surface area contributed by atoms with Crippen molar-refractivity contribution in [2.45, 2.75) is 25.7 Å². The number of fused-ring (bicyclic) bond motifs is 1. The van der Waals surface area contributed by atoms with E-state index >= 15 is 0 Å². The van der Waals surface area contributed by atoms with E-state index in [9.17, 15) is 4.79 Å². The molecular weight excluding hydrogens is 178 g/mol. The lowest BCUT2D eigenvalue weighted by Crippen LogP contribution is -2.09. The number of aryl methyl sites for hydroxylation is 2. The fraction of sp³-hybridized carbons (Fsp3) is 0.364. The molecule has 0 atom stereocenters. The topological polar surface area (TPSA) is 49.3 Å². The van der Waals surface area contributed by atoms with Gasteiger partial charge in [0, 0.05) is 5.69 Å². The lowest BCUT2D eigenvalue weighted by Gasteiger charge is -2.16. The van der Waals surface area contributed by atoms with Crippen LogP contribution in [0.5, 0.6) is 0 Å². The Labute approximate surface area is 82.8 Å². The fourth-order valence-corrected chi connectivity index (χ4v) is 1.93. The van der Waals surface area contributed by atoms with Crippen molar-refractivity contribution in [3.05, 3.63) is 29.3 Å². The van der Waals surface area contributed by atoms with Crippen molar-refractivity contribution in [2.75, 3.05) is 5.32 Å². The zero-order valence-electron chi connectivity index (χ0n) is 7.92. The van der Waals surface area contributed by atoms with E-state index in [4.69, 9.17) is 5.11 Å². The minimum atomic E-state index is -0.999. The molecule has 0 fully saturated rings. The van der Waals surface area contributed by atoms with Crippen LogP contribution >= 0.6 is 0 Å². The van der Waals surface area contributed by atoms with E-state index in [0.717, 1.165) is 12.8 Å². The zero-order chi connectivity index (χ0) is 9.97. The molecule has 0 saturated heterocycles. The molecule has 1 aromatic carbocycles. The molecule has 1 aliphatic rings. The van der Waals surface area contributed by atoms with Crippen LogP contribution in [0.4, 0.5) is 10.5 Å². The lowest BCUT2D eigenvalue weighted by atomic mass is 9.91. The molecule has 1 amide bonds. The number of rotatable bonds is 1. The number of carbonyl (C=O) groups is 1. The third-order valence-electron chi connectivity index (χ3n) is 2.60. The van der Waals surface area contributed by atoms with Gasteiger partial charge in [-0.3, -0.25) is 5.32 Å². The van der Waals surface area contributed by atoms with Gasteiger partial charge in [0.1, 0.15) is 0 Å². The second-order valence-electron chi connectivity index (χ2n) is 3.62. The summed E-state index contributed by atoms with van der Waals surface area (Å²) in [5, 5.41) is 10.9. The van der Waals surface area contributed by atoms with Crippen molar-refractivity contribution in [3.8, 4) is 0 Å². The van der Waals surface area contributed by atoms with Crippen LogP contribution in [0.1, 0.15) is 24.0 Å². The monoisotopic (exact) mass is 191 g/mol. The second kappa shape index (κ2) is 3.70. The van der Waals surface area contributed by atoms with Gasteiger partial charge in [-0.15, -0.1) is 0 Å². The number of nitrogens with one attached hydrogen (secondary N) is 1. The van der Waals surface area contributed by atoms with E-state index in [1.807, 2.05) is 18.2 Å². The van der Waals surface area contributed by atoms with Crippen molar-refractivity contribution in [1.29, 1.82) is 0 Å². The van der Waals surface area contributed by atoms with E-state index in [-0.39, 0.29) is 0 Å². The first-order valence-electron chi connectivity index (χ1n) is 4.87. The number of benzene rings is 1. The van der Waals surface area contributed by atoms with Crippen LogP contribution < -0.4 is 5.32 Å². The largest absolute Gasteiger partial charge is 0.465 e. The van der Waals surface area contributed by atoms with Crippen LogP contribution in [0.15, 0.2) is 18.2 Å². The van der Waals surface area contributed by atoms with Crippen LogP contribution in [0, 0.1) is 0 Å². The zero-order valence-corrected chi connectivity index (χ0v) is 7.92. The Balaban J connectivity index is 2.24. The molecule has 0 aromatic heterocycles. The summed E-state index contributed by atoms with van der Waals surface area (Å²) in [4.78, 5) is 10.4. The highest BCUT2D eigenvalue weighted by Gasteiger charge is 2.09. The quantitative estimate of drug-likeness (QED) is 0.716. The van der Waals surface area contributed by atoms with Gasteiger partial charge in [-0.25, -0.2) is 4.79 Å².